The molecule has 2 aliphatic rings. The molecule has 3 N–H and O–H groups in total. The van der Waals surface area contributed by atoms with E-state index in [4.69, 9.17) is 5.11 Å². The minimum absolute atomic E-state index is 0.197. The molecule has 0 bridgehead atoms. The highest BCUT2D eigenvalue weighted by molar-refractivity contribution is 5.80. The summed E-state index contributed by atoms with van der Waals surface area (Å²) >= 11 is 0. The Balaban J connectivity index is 1.76. The maximum absolute atomic E-state index is 9.12. The van der Waals surface area contributed by atoms with Crippen molar-refractivity contribution >= 4 is 5.96 Å². The van der Waals surface area contributed by atoms with E-state index in [1.807, 2.05) is 6.92 Å². The Morgan fingerprint density at radius 2 is 1.91 bits per heavy atom. The van der Waals surface area contributed by atoms with E-state index >= 15 is 0 Å². The number of guanidine groups is 1. The molecule has 1 unspecified atom stereocenters. The van der Waals surface area contributed by atoms with Gasteiger partial charge in [-0.2, -0.15) is 0 Å². The van der Waals surface area contributed by atoms with Crippen molar-refractivity contribution in [2.24, 2.45) is 10.9 Å². The van der Waals surface area contributed by atoms with Crippen LogP contribution in [-0.2, 0) is 0 Å². The Kier molecular flexibility index (Phi) is 7.46. The third-order valence-corrected chi connectivity index (χ3v) is 4.93. The molecule has 0 radical (unpaired) electrons. The highest BCUT2D eigenvalue weighted by Crippen LogP contribution is 2.26. The number of aliphatic hydroxyl groups is 1. The summed E-state index contributed by atoms with van der Waals surface area (Å²) in [5.74, 6) is 1.13. The van der Waals surface area contributed by atoms with Crippen LogP contribution in [0.15, 0.2) is 4.99 Å². The van der Waals surface area contributed by atoms with E-state index in [2.05, 4.69) is 27.4 Å². The van der Waals surface area contributed by atoms with Crippen molar-refractivity contribution < 1.29 is 5.11 Å². The smallest absolute Gasteiger partial charge is 0.191 e. The lowest BCUT2D eigenvalue weighted by atomic mass is 10.0. The first kappa shape index (κ1) is 17.5. The van der Waals surface area contributed by atoms with Crippen LogP contribution in [0.25, 0.3) is 0 Å². The van der Waals surface area contributed by atoms with E-state index in [0.29, 0.717) is 12.6 Å². The van der Waals surface area contributed by atoms with Crippen molar-refractivity contribution in [2.45, 2.75) is 64.5 Å². The third-order valence-electron chi connectivity index (χ3n) is 4.93. The lowest BCUT2D eigenvalue weighted by Crippen LogP contribution is -2.50. The second kappa shape index (κ2) is 9.36. The average molecular weight is 310 g/mol. The van der Waals surface area contributed by atoms with Crippen LogP contribution < -0.4 is 10.6 Å². The molecule has 1 heterocycles. The van der Waals surface area contributed by atoms with Crippen molar-refractivity contribution in [1.82, 2.24) is 15.5 Å². The predicted octanol–water partition coefficient (Wildman–Crippen LogP) is 1.58. The molecule has 0 aromatic rings. The van der Waals surface area contributed by atoms with Crippen LogP contribution in [0.3, 0.4) is 0 Å². The molecule has 0 aromatic carbocycles. The van der Waals surface area contributed by atoms with Crippen molar-refractivity contribution in [3.8, 4) is 0 Å². The van der Waals surface area contributed by atoms with E-state index in [1.54, 1.807) is 0 Å². The average Bonchev–Trinajstić information content (AvgIpc) is 3.07. The molecule has 1 saturated heterocycles. The molecule has 1 aliphatic carbocycles. The molecule has 0 spiro atoms. The molecule has 1 aliphatic heterocycles. The van der Waals surface area contributed by atoms with Gasteiger partial charge in [-0.15, -0.1) is 0 Å². The number of aliphatic hydroxyl groups excluding tert-OH is 1. The zero-order valence-corrected chi connectivity index (χ0v) is 14.4. The van der Waals surface area contributed by atoms with Gasteiger partial charge in [0.2, 0.25) is 0 Å². The summed E-state index contributed by atoms with van der Waals surface area (Å²) in [6, 6.07) is 1.38. The number of nitrogens with zero attached hydrogens (tertiary/aromatic N) is 2. The van der Waals surface area contributed by atoms with Gasteiger partial charge in [-0.05, 0) is 38.5 Å². The first-order valence-electron chi connectivity index (χ1n) is 9.12. The van der Waals surface area contributed by atoms with Gasteiger partial charge in [-0.25, -0.2) is 0 Å². The molecule has 0 amide bonds. The van der Waals surface area contributed by atoms with Gasteiger partial charge in [-0.1, -0.05) is 19.8 Å². The minimum atomic E-state index is 0.197. The fourth-order valence-corrected chi connectivity index (χ4v) is 3.50. The predicted molar refractivity (Wildman–Crippen MR) is 92.2 cm³/mol. The molecule has 128 valence electrons. The second-order valence-electron chi connectivity index (χ2n) is 6.90. The second-order valence-corrected chi connectivity index (χ2v) is 6.90. The van der Waals surface area contributed by atoms with Crippen LogP contribution in [0, 0.1) is 5.92 Å². The number of hydrogen-bond donors (Lipinski definition) is 3. The van der Waals surface area contributed by atoms with Crippen LogP contribution in [0.1, 0.15) is 52.4 Å². The Morgan fingerprint density at radius 3 is 2.50 bits per heavy atom. The maximum Gasteiger partial charge on any atom is 0.191 e. The Bertz CT molecular complexity index is 334. The maximum atomic E-state index is 9.12. The monoisotopic (exact) mass is 310 g/mol. The summed E-state index contributed by atoms with van der Waals surface area (Å²) < 4.78 is 0. The number of rotatable bonds is 6. The van der Waals surface area contributed by atoms with Crippen molar-refractivity contribution in [2.75, 3.05) is 32.8 Å². The summed E-state index contributed by atoms with van der Waals surface area (Å²) in [6.45, 7) is 8.29. The summed E-state index contributed by atoms with van der Waals surface area (Å²) in [7, 11) is 0. The van der Waals surface area contributed by atoms with Crippen LogP contribution in [0.4, 0.5) is 0 Å². The van der Waals surface area contributed by atoms with Gasteiger partial charge < -0.3 is 20.6 Å². The SMILES string of the molecule is CCNC(=NCC(C)CO)NC1CCN(C2CCCC2)CC1. The molecule has 1 atom stereocenters. The Labute approximate surface area is 135 Å². The summed E-state index contributed by atoms with van der Waals surface area (Å²) in [5.41, 5.74) is 0. The van der Waals surface area contributed by atoms with Crippen molar-refractivity contribution in [1.29, 1.82) is 0 Å². The highest BCUT2D eigenvalue weighted by Gasteiger charge is 2.27. The fourth-order valence-electron chi connectivity index (χ4n) is 3.50. The van der Waals surface area contributed by atoms with Gasteiger partial charge in [0.1, 0.15) is 0 Å². The number of aliphatic imine (C=N–C) groups is 1. The lowest BCUT2D eigenvalue weighted by molar-refractivity contribution is 0.150. The molecular weight excluding hydrogens is 276 g/mol. The van der Waals surface area contributed by atoms with E-state index in [0.717, 1.165) is 18.5 Å². The van der Waals surface area contributed by atoms with Gasteiger partial charge in [0.15, 0.2) is 5.96 Å². The molecule has 0 aromatic heterocycles. The molecular formula is C17H34N4O. The van der Waals surface area contributed by atoms with Crippen molar-refractivity contribution in [3.05, 3.63) is 0 Å². The number of hydrogen-bond acceptors (Lipinski definition) is 3. The minimum Gasteiger partial charge on any atom is -0.396 e. The number of piperidine rings is 1. The highest BCUT2D eigenvalue weighted by atomic mass is 16.3. The van der Waals surface area contributed by atoms with Gasteiger partial charge >= 0.3 is 0 Å². The first-order chi connectivity index (χ1) is 10.7. The topological polar surface area (TPSA) is 59.9 Å². The van der Waals surface area contributed by atoms with Gasteiger partial charge in [0.25, 0.3) is 0 Å². The van der Waals surface area contributed by atoms with Crippen LogP contribution in [0.5, 0.6) is 0 Å². The molecule has 5 heteroatoms. The zero-order chi connectivity index (χ0) is 15.8. The summed E-state index contributed by atoms with van der Waals surface area (Å²) in [5, 5.41) is 16.0. The normalized spacial score (nSPS) is 23.7. The quantitative estimate of drug-likeness (QED) is 0.515. The van der Waals surface area contributed by atoms with E-state index in [9.17, 15) is 0 Å². The standard InChI is InChI=1S/C17H34N4O/c1-3-18-17(19-12-14(2)13-22)20-15-8-10-21(11-9-15)16-6-4-5-7-16/h14-16,22H,3-13H2,1-2H3,(H2,18,19,20). The van der Waals surface area contributed by atoms with E-state index in [1.165, 1.54) is 51.6 Å². The molecule has 2 rings (SSSR count). The summed E-state index contributed by atoms with van der Waals surface area (Å²) in [4.78, 5) is 7.29. The third kappa shape index (κ3) is 5.43. The number of nitrogens with one attached hydrogen (secondary N) is 2. The Hall–Kier alpha value is -0.810. The molecule has 1 saturated carbocycles. The number of likely N-dealkylation sites (tertiary alicyclic amines) is 1. The largest absolute Gasteiger partial charge is 0.396 e. The molecule has 5 nitrogen and oxygen atoms in total. The molecule has 2 fully saturated rings. The summed E-state index contributed by atoms with van der Waals surface area (Å²) in [6.07, 6.45) is 8.06. The van der Waals surface area contributed by atoms with Crippen LogP contribution >= 0.6 is 0 Å². The van der Waals surface area contributed by atoms with Crippen molar-refractivity contribution in [3.63, 3.8) is 0 Å². The van der Waals surface area contributed by atoms with Gasteiger partial charge in [0, 0.05) is 44.9 Å². The Morgan fingerprint density at radius 1 is 1.23 bits per heavy atom. The lowest BCUT2D eigenvalue weighted by Gasteiger charge is -2.36. The van der Waals surface area contributed by atoms with E-state index in [-0.39, 0.29) is 12.5 Å². The first-order valence-corrected chi connectivity index (χ1v) is 9.12. The van der Waals surface area contributed by atoms with Crippen LogP contribution in [-0.4, -0.2) is 60.8 Å². The van der Waals surface area contributed by atoms with Gasteiger partial charge in [-0.3, -0.25) is 4.99 Å². The molecule has 22 heavy (non-hydrogen) atoms. The van der Waals surface area contributed by atoms with Gasteiger partial charge in [0.05, 0.1) is 0 Å². The zero-order valence-electron chi connectivity index (χ0n) is 14.4. The fraction of sp³-hybridized carbons (Fsp3) is 0.941. The van der Waals surface area contributed by atoms with Crippen LogP contribution in [0.2, 0.25) is 0 Å². The van der Waals surface area contributed by atoms with E-state index < -0.39 is 0 Å².